The Morgan fingerprint density at radius 2 is 2.25 bits per heavy atom. The van der Waals surface area contributed by atoms with E-state index in [0.717, 1.165) is 11.8 Å². The van der Waals surface area contributed by atoms with E-state index in [-0.39, 0.29) is 12.0 Å². The minimum atomic E-state index is -0.970. The monoisotopic (exact) mass is 164 g/mol. The summed E-state index contributed by atoms with van der Waals surface area (Å²) in [4.78, 5) is 20.6. The van der Waals surface area contributed by atoms with E-state index in [1.165, 1.54) is 12.1 Å². The molecule has 3 nitrogen and oxygen atoms in total. The highest BCUT2D eigenvalue weighted by Gasteiger charge is 2.01. The van der Waals surface area contributed by atoms with Crippen molar-refractivity contribution in [2.24, 2.45) is 0 Å². The molecule has 0 spiro atoms. The Hall–Kier alpha value is -1.64. The van der Waals surface area contributed by atoms with E-state index in [4.69, 9.17) is 5.11 Å². The maximum absolute atomic E-state index is 10.5. The predicted molar refractivity (Wildman–Crippen MR) is 43.2 cm³/mol. The van der Waals surface area contributed by atoms with E-state index in [0.29, 0.717) is 0 Å². The number of carboxylic acid groups (broad SMARTS) is 1. The summed E-state index contributed by atoms with van der Waals surface area (Å²) in [5, 5.41) is 8.59. The third-order valence-corrected chi connectivity index (χ3v) is 1.49. The van der Waals surface area contributed by atoms with Crippen molar-refractivity contribution < 1.29 is 14.7 Å². The zero-order valence-electron chi connectivity index (χ0n) is 6.36. The van der Waals surface area contributed by atoms with E-state index in [9.17, 15) is 9.59 Å². The summed E-state index contributed by atoms with van der Waals surface area (Å²) in [7, 11) is 0. The summed E-state index contributed by atoms with van der Waals surface area (Å²) in [6, 6.07) is 6.34. The van der Waals surface area contributed by atoms with Gasteiger partial charge in [-0.05, 0) is 17.7 Å². The molecule has 0 fully saturated rings. The lowest BCUT2D eigenvalue weighted by molar-refractivity contribution is -0.107. The summed E-state index contributed by atoms with van der Waals surface area (Å²) in [5.41, 5.74) is 0.944. The highest BCUT2D eigenvalue weighted by Crippen LogP contribution is 2.04. The Bertz CT molecular complexity index is 304. The predicted octanol–water partition coefficient (Wildman–Crippen LogP) is 1.13. The average Bonchev–Trinajstić information content (AvgIpc) is 2.05. The summed E-state index contributed by atoms with van der Waals surface area (Å²) in [6.45, 7) is 0. The van der Waals surface area contributed by atoms with Gasteiger partial charge in [0.1, 0.15) is 6.29 Å². The van der Waals surface area contributed by atoms with Crippen LogP contribution >= 0.6 is 0 Å². The summed E-state index contributed by atoms with van der Waals surface area (Å²) < 4.78 is 0. The Morgan fingerprint density at radius 1 is 1.50 bits per heavy atom. The SMILES string of the molecule is O=CCc1cccc(C(=O)O)c1. The van der Waals surface area contributed by atoms with Crippen molar-refractivity contribution >= 4 is 12.3 Å². The first-order valence-corrected chi connectivity index (χ1v) is 3.50. The molecule has 1 N–H and O–H groups in total. The number of carbonyl (C=O) groups excluding carboxylic acids is 1. The van der Waals surface area contributed by atoms with Crippen LogP contribution in [0.5, 0.6) is 0 Å². The Balaban J connectivity index is 2.95. The molecule has 0 aliphatic carbocycles. The number of carboxylic acids is 1. The topological polar surface area (TPSA) is 54.4 Å². The smallest absolute Gasteiger partial charge is 0.335 e. The first-order chi connectivity index (χ1) is 5.74. The van der Waals surface area contributed by atoms with Gasteiger partial charge in [-0.1, -0.05) is 12.1 Å². The minimum Gasteiger partial charge on any atom is -0.478 e. The molecule has 0 heterocycles. The number of hydrogen-bond acceptors (Lipinski definition) is 2. The number of benzene rings is 1. The molecule has 0 saturated carbocycles. The van der Waals surface area contributed by atoms with Gasteiger partial charge in [0.2, 0.25) is 0 Å². The van der Waals surface area contributed by atoms with E-state index in [1.54, 1.807) is 12.1 Å². The van der Waals surface area contributed by atoms with Gasteiger partial charge in [-0.3, -0.25) is 0 Å². The summed E-state index contributed by atoms with van der Waals surface area (Å²) >= 11 is 0. The molecule has 0 bridgehead atoms. The molecule has 0 atom stereocenters. The van der Waals surface area contributed by atoms with Crippen LogP contribution in [-0.4, -0.2) is 17.4 Å². The van der Waals surface area contributed by atoms with Gasteiger partial charge in [-0.2, -0.15) is 0 Å². The summed E-state index contributed by atoms with van der Waals surface area (Å²) in [6.07, 6.45) is 1.02. The quantitative estimate of drug-likeness (QED) is 0.681. The maximum Gasteiger partial charge on any atom is 0.335 e. The molecule has 0 amide bonds. The molecule has 0 aliphatic rings. The van der Waals surface area contributed by atoms with Crippen molar-refractivity contribution in [3.63, 3.8) is 0 Å². The Morgan fingerprint density at radius 3 is 2.83 bits per heavy atom. The van der Waals surface area contributed by atoms with Crippen molar-refractivity contribution in [3.05, 3.63) is 35.4 Å². The van der Waals surface area contributed by atoms with Crippen LogP contribution in [0, 0.1) is 0 Å². The fourth-order valence-corrected chi connectivity index (χ4v) is 0.928. The minimum absolute atomic E-state index is 0.217. The highest BCUT2D eigenvalue weighted by atomic mass is 16.4. The molecule has 0 saturated heterocycles. The molecule has 0 radical (unpaired) electrons. The first-order valence-electron chi connectivity index (χ1n) is 3.50. The van der Waals surface area contributed by atoms with Gasteiger partial charge in [0.15, 0.2) is 0 Å². The van der Waals surface area contributed by atoms with Crippen molar-refractivity contribution in [3.8, 4) is 0 Å². The van der Waals surface area contributed by atoms with Crippen LogP contribution in [0.1, 0.15) is 15.9 Å². The van der Waals surface area contributed by atoms with Gasteiger partial charge in [-0.15, -0.1) is 0 Å². The van der Waals surface area contributed by atoms with E-state index < -0.39 is 5.97 Å². The maximum atomic E-state index is 10.5. The van der Waals surface area contributed by atoms with Crippen LogP contribution in [0.25, 0.3) is 0 Å². The third-order valence-electron chi connectivity index (χ3n) is 1.49. The standard InChI is InChI=1S/C9H8O3/c10-5-4-7-2-1-3-8(6-7)9(11)12/h1-3,5-6H,4H2,(H,11,12). The second-order valence-electron chi connectivity index (χ2n) is 2.38. The Labute approximate surface area is 69.6 Å². The summed E-state index contributed by atoms with van der Waals surface area (Å²) in [5.74, 6) is -0.970. The molecule has 0 aliphatic heterocycles. The number of rotatable bonds is 3. The van der Waals surface area contributed by atoms with Crippen LogP contribution in [0.4, 0.5) is 0 Å². The normalized spacial score (nSPS) is 9.33. The molecular weight excluding hydrogens is 156 g/mol. The van der Waals surface area contributed by atoms with Crippen molar-refractivity contribution in [1.29, 1.82) is 0 Å². The van der Waals surface area contributed by atoms with Gasteiger partial charge in [0, 0.05) is 6.42 Å². The van der Waals surface area contributed by atoms with E-state index in [2.05, 4.69) is 0 Å². The van der Waals surface area contributed by atoms with E-state index in [1.807, 2.05) is 0 Å². The molecule has 12 heavy (non-hydrogen) atoms. The number of aromatic carboxylic acids is 1. The van der Waals surface area contributed by atoms with Gasteiger partial charge in [0.05, 0.1) is 5.56 Å². The van der Waals surface area contributed by atoms with Crippen LogP contribution in [0.15, 0.2) is 24.3 Å². The van der Waals surface area contributed by atoms with Crippen LogP contribution < -0.4 is 0 Å². The lowest BCUT2D eigenvalue weighted by Gasteiger charge is -1.96. The van der Waals surface area contributed by atoms with Gasteiger partial charge >= 0.3 is 5.97 Å². The number of hydrogen-bond donors (Lipinski definition) is 1. The molecule has 1 aromatic carbocycles. The zero-order valence-corrected chi connectivity index (χ0v) is 6.36. The van der Waals surface area contributed by atoms with Crippen molar-refractivity contribution in [1.82, 2.24) is 0 Å². The fourth-order valence-electron chi connectivity index (χ4n) is 0.928. The van der Waals surface area contributed by atoms with Crippen LogP contribution in [-0.2, 0) is 11.2 Å². The highest BCUT2D eigenvalue weighted by molar-refractivity contribution is 5.87. The van der Waals surface area contributed by atoms with Gasteiger partial charge < -0.3 is 9.90 Å². The molecule has 1 rings (SSSR count). The Kier molecular flexibility index (Phi) is 2.58. The van der Waals surface area contributed by atoms with Crippen LogP contribution in [0.2, 0.25) is 0 Å². The van der Waals surface area contributed by atoms with E-state index >= 15 is 0 Å². The van der Waals surface area contributed by atoms with Gasteiger partial charge in [0.25, 0.3) is 0 Å². The molecule has 0 aromatic heterocycles. The largest absolute Gasteiger partial charge is 0.478 e. The van der Waals surface area contributed by atoms with Crippen molar-refractivity contribution in [2.45, 2.75) is 6.42 Å². The second-order valence-corrected chi connectivity index (χ2v) is 2.38. The molecule has 1 aromatic rings. The van der Waals surface area contributed by atoms with Gasteiger partial charge in [-0.25, -0.2) is 4.79 Å². The molecule has 62 valence electrons. The zero-order chi connectivity index (χ0) is 8.97. The molecular formula is C9H8O3. The fraction of sp³-hybridized carbons (Fsp3) is 0.111. The number of carbonyl (C=O) groups is 2. The second kappa shape index (κ2) is 3.67. The third kappa shape index (κ3) is 1.92. The number of aldehydes is 1. The average molecular weight is 164 g/mol. The van der Waals surface area contributed by atoms with Crippen LogP contribution in [0.3, 0.4) is 0 Å². The van der Waals surface area contributed by atoms with Crippen molar-refractivity contribution in [2.75, 3.05) is 0 Å². The lowest BCUT2D eigenvalue weighted by atomic mass is 10.1. The first kappa shape index (κ1) is 8.46. The molecule has 3 heteroatoms. The molecule has 0 unspecified atom stereocenters. The lowest BCUT2D eigenvalue weighted by Crippen LogP contribution is -1.97.